The van der Waals surface area contributed by atoms with E-state index in [1.54, 1.807) is 0 Å². The summed E-state index contributed by atoms with van der Waals surface area (Å²) in [5.41, 5.74) is -0.0437. The van der Waals surface area contributed by atoms with Crippen molar-refractivity contribution in [3.05, 3.63) is 23.2 Å². The fourth-order valence-electron chi connectivity index (χ4n) is 5.00. The third-order valence-electron chi connectivity index (χ3n) is 6.58. The van der Waals surface area contributed by atoms with Gasteiger partial charge in [-0.05, 0) is 49.3 Å². The Morgan fingerprint density at radius 1 is 0.862 bits per heavy atom. The van der Waals surface area contributed by atoms with Gasteiger partial charge in [-0.3, -0.25) is 9.59 Å². The molecule has 1 aliphatic carbocycles. The monoisotopic (exact) mass is 438 g/mol. The molecule has 158 valence electrons. The Labute approximate surface area is 177 Å². The number of halogens is 1. The van der Waals surface area contributed by atoms with Crippen LogP contribution in [0.5, 0.6) is 0 Å². The molecule has 0 aromatic heterocycles. The number of imide groups is 1. The Bertz CT molecular complexity index is 899. The van der Waals surface area contributed by atoms with Crippen LogP contribution in [0.15, 0.2) is 23.1 Å². The Hall–Kier alpha value is -1.44. The van der Waals surface area contributed by atoms with Crippen molar-refractivity contribution in [1.29, 1.82) is 0 Å². The number of hydrogen-bond acceptors (Lipinski definition) is 4. The maximum absolute atomic E-state index is 13.0. The Balaban J connectivity index is 1.64. The summed E-state index contributed by atoms with van der Waals surface area (Å²) in [5, 5.41) is 0.212. The van der Waals surface area contributed by atoms with Crippen molar-refractivity contribution < 1.29 is 18.0 Å². The van der Waals surface area contributed by atoms with E-state index in [4.69, 9.17) is 11.6 Å². The molecule has 2 amide bonds. The van der Waals surface area contributed by atoms with Crippen LogP contribution in [0.1, 0.15) is 64.2 Å². The molecule has 6 nitrogen and oxygen atoms in total. The molecule has 0 atom stereocenters. The van der Waals surface area contributed by atoms with Crippen LogP contribution in [-0.4, -0.2) is 37.6 Å². The highest BCUT2D eigenvalue weighted by Crippen LogP contribution is 2.47. The Morgan fingerprint density at radius 3 is 2.07 bits per heavy atom. The molecule has 0 N–H and O–H groups in total. The van der Waals surface area contributed by atoms with Crippen molar-refractivity contribution in [3.8, 4) is 0 Å². The van der Waals surface area contributed by atoms with Gasteiger partial charge in [0.15, 0.2) is 0 Å². The van der Waals surface area contributed by atoms with E-state index in [0.29, 0.717) is 25.9 Å². The molecule has 0 unspecified atom stereocenters. The molecule has 2 heterocycles. The second-order valence-corrected chi connectivity index (χ2v) is 11.0. The molecular weight excluding hydrogens is 412 g/mol. The predicted octanol–water partition coefficient (Wildman–Crippen LogP) is 4.12. The lowest BCUT2D eigenvalue weighted by Crippen LogP contribution is -2.49. The molecule has 2 saturated heterocycles. The summed E-state index contributed by atoms with van der Waals surface area (Å²) in [5.74, 6) is -0.560. The first-order chi connectivity index (χ1) is 13.8. The smallest absolute Gasteiger partial charge is 0.243 e. The zero-order valence-electron chi connectivity index (χ0n) is 16.5. The molecule has 4 rings (SSSR count). The summed E-state index contributed by atoms with van der Waals surface area (Å²) in [6, 6.07) is 4.32. The third-order valence-corrected chi connectivity index (χ3v) is 8.79. The highest BCUT2D eigenvalue weighted by molar-refractivity contribution is 7.89. The summed E-state index contributed by atoms with van der Waals surface area (Å²) in [6.07, 6.45) is 8.37. The fourth-order valence-corrected chi connectivity index (χ4v) is 6.74. The number of rotatable bonds is 3. The second-order valence-electron chi connectivity index (χ2n) is 8.62. The summed E-state index contributed by atoms with van der Waals surface area (Å²) < 4.78 is 27.5. The number of sulfonamides is 1. The molecule has 3 aliphatic rings. The van der Waals surface area contributed by atoms with Crippen LogP contribution < -0.4 is 4.90 Å². The van der Waals surface area contributed by atoms with E-state index in [1.165, 1.54) is 22.5 Å². The molecule has 1 aromatic carbocycles. The van der Waals surface area contributed by atoms with Gasteiger partial charge in [-0.15, -0.1) is 0 Å². The first kappa shape index (κ1) is 20.8. The number of piperidine rings is 2. The maximum atomic E-state index is 13.0. The van der Waals surface area contributed by atoms with E-state index in [2.05, 4.69) is 0 Å². The SMILES string of the molecule is O=C1CC2(CCCCC2)CC(=O)N1c1cc(S(=O)(=O)N2CCCCC2)ccc1Cl. The number of anilines is 1. The lowest BCUT2D eigenvalue weighted by molar-refractivity contribution is -0.134. The van der Waals surface area contributed by atoms with Crippen molar-refractivity contribution in [2.24, 2.45) is 5.41 Å². The van der Waals surface area contributed by atoms with Gasteiger partial charge in [-0.1, -0.05) is 37.3 Å². The van der Waals surface area contributed by atoms with E-state index < -0.39 is 10.0 Å². The van der Waals surface area contributed by atoms with Gasteiger partial charge in [-0.2, -0.15) is 4.31 Å². The van der Waals surface area contributed by atoms with Crippen LogP contribution in [0.3, 0.4) is 0 Å². The summed E-state index contributed by atoms with van der Waals surface area (Å²) >= 11 is 6.32. The minimum absolute atomic E-state index is 0.0809. The fraction of sp³-hybridized carbons (Fsp3) is 0.619. The maximum Gasteiger partial charge on any atom is 0.243 e. The Morgan fingerprint density at radius 2 is 1.45 bits per heavy atom. The van der Waals surface area contributed by atoms with Crippen LogP contribution >= 0.6 is 11.6 Å². The van der Waals surface area contributed by atoms with Gasteiger partial charge in [0.05, 0.1) is 15.6 Å². The number of benzene rings is 1. The molecule has 0 bridgehead atoms. The molecule has 0 radical (unpaired) electrons. The van der Waals surface area contributed by atoms with Crippen molar-refractivity contribution in [3.63, 3.8) is 0 Å². The van der Waals surface area contributed by atoms with Gasteiger partial charge in [-0.25, -0.2) is 13.3 Å². The number of hydrogen-bond donors (Lipinski definition) is 0. The summed E-state index contributed by atoms with van der Waals surface area (Å²) in [4.78, 5) is 27.1. The normalized spacial score (nSPS) is 23.6. The van der Waals surface area contributed by atoms with Gasteiger partial charge >= 0.3 is 0 Å². The minimum Gasteiger partial charge on any atom is -0.274 e. The highest BCUT2D eigenvalue weighted by Gasteiger charge is 2.45. The van der Waals surface area contributed by atoms with Crippen LogP contribution in [0.25, 0.3) is 0 Å². The first-order valence-electron chi connectivity index (χ1n) is 10.5. The molecule has 1 spiro atoms. The highest BCUT2D eigenvalue weighted by atomic mass is 35.5. The van der Waals surface area contributed by atoms with Crippen molar-refractivity contribution >= 4 is 39.1 Å². The van der Waals surface area contributed by atoms with Gasteiger partial charge in [0.2, 0.25) is 21.8 Å². The molecule has 8 heteroatoms. The van der Waals surface area contributed by atoms with E-state index >= 15 is 0 Å². The lowest BCUT2D eigenvalue weighted by atomic mass is 9.67. The number of amides is 2. The van der Waals surface area contributed by atoms with E-state index in [0.717, 1.165) is 56.3 Å². The zero-order valence-corrected chi connectivity index (χ0v) is 18.1. The van der Waals surface area contributed by atoms with Crippen molar-refractivity contribution in [1.82, 2.24) is 4.31 Å². The lowest BCUT2D eigenvalue weighted by Gasteiger charge is -2.42. The second kappa shape index (κ2) is 8.00. The standard InChI is InChI=1S/C21H27ClN2O4S/c22-17-8-7-16(29(27,28)23-11-5-2-6-12-23)13-18(17)24-19(25)14-21(15-20(24)26)9-3-1-4-10-21/h7-8,13H,1-6,9-12,14-15H2. The predicted molar refractivity (Wildman–Crippen MR) is 111 cm³/mol. The van der Waals surface area contributed by atoms with Crippen LogP contribution in [-0.2, 0) is 19.6 Å². The number of nitrogens with zero attached hydrogens (tertiary/aromatic N) is 2. The largest absolute Gasteiger partial charge is 0.274 e. The molecule has 1 saturated carbocycles. The summed E-state index contributed by atoms with van der Waals surface area (Å²) in [7, 11) is -3.68. The van der Waals surface area contributed by atoms with Crippen LogP contribution in [0, 0.1) is 5.41 Å². The molecular formula is C21H27ClN2O4S. The number of carbonyl (C=O) groups excluding carboxylic acids is 2. The molecule has 29 heavy (non-hydrogen) atoms. The molecule has 1 aromatic rings. The third kappa shape index (κ3) is 3.97. The van der Waals surface area contributed by atoms with Gasteiger partial charge in [0.25, 0.3) is 0 Å². The van der Waals surface area contributed by atoms with E-state index in [9.17, 15) is 18.0 Å². The number of carbonyl (C=O) groups is 2. The van der Waals surface area contributed by atoms with Crippen molar-refractivity contribution in [2.45, 2.75) is 69.1 Å². The van der Waals surface area contributed by atoms with E-state index in [-0.39, 0.29) is 32.8 Å². The summed E-state index contributed by atoms with van der Waals surface area (Å²) in [6.45, 7) is 0.981. The van der Waals surface area contributed by atoms with Crippen LogP contribution in [0.4, 0.5) is 5.69 Å². The average Bonchev–Trinajstić information content (AvgIpc) is 2.70. The average molecular weight is 439 g/mol. The minimum atomic E-state index is -3.68. The zero-order chi connectivity index (χ0) is 20.6. The molecule has 3 fully saturated rings. The van der Waals surface area contributed by atoms with Crippen molar-refractivity contribution in [2.75, 3.05) is 18.0 Å². The van der Waals surface area contributed by atoms with Gasteiger partial charge in [0.1, 0.15) is 0 Å². The quantitative estimate of drug-likeness (QED) is 0.665. The van der Waals surface area contributed by atoms with Crippen LogP contribution in [0.2, 0.25) is 5.02 Å². The molecule has 2 aliphatic heterocycles. The van der Waals surface area contributed by atoms with E-state index in [1.807, 2.05) is 0 Å². The first-order valence-corrected chi connectivity index (χ1v) is 12.3. The van der Waals surface area contributed by atoms with Gasteiger partial charge < -0.3 is 0 Å². The Kier molecular flexibility index (Phi) is 5.75. The van der Waals surface area contributed by atoms with Gasteiger partial charge in [0, 0.05) is 25.9 Å². The topological polar surface area (TPSA) is 74.8 Å².